The lowest BCUT2D eigenvalue weighted by atomic mass is 9.79. The van der Waals surface area contributed by atoms with E-state index in [1.807, 2.05) is 42.3 Å². The fourth-order valence-electron chi connectivity index (χ4n) is 3.12. The second kappa shape index (κ2) is 6.95. The van der Waals surface area contributed by atoms with Crippen molar-refractivity contribution in [2.75, 3.05) is 13.1 Å². The van der Waals surface area contributed by atoms with Crippen LogP contribution >= 0.6 is 12.4 Å². The zero-order valence-corrected chi connectivity index (χ0v) is 15.2. The van der Waals surface area contributed by atoms with Gasteiger partial charge < -0.3 is 10.6 Å². The Bertz CT molecular complexity index is 725. The first-order valence-electron chi connectivity index (χ1n) is 8.04. The molecule has 3 rings (SSSR count). The normalized spacial score (nSPS) is 19.7. The van der Waals surface area contributed by atoms with E-state index < -0.39 is 0 Å². The van der Waals surface area contributed by atoms with Crippen LogP contribution in [0, 0.1) is 12.3 Å². The van der Waals surface area contributed by atoms with E-state index in [-0.39, 0.29) is 29.8 Å². The van der Waals surface area contributed by atoms with Gasteiger partial charge in [-0.05, 0) is 30.4 Å². The minimum Gasteiger partial charge on any atom is -0.338 e. The van der Waals surface area contributed by atoms with E-state index in [0.717, 1.165) is 17.7 Å². The molecular weight excluding hydrogens is 324 g/mol. The van der Waals surface area contributed by atoms with Crippen LogP contribution in [0.5, 0.6) is 0 Å². The van der Waals surface area contributed by atoms with Gasteiger partial charge in [-0.3, -0.25) is 4.79 Å². The molecule has 1 fully saturated rings. The number of likely N-dealkylation sites (tertiary alicyclic amines) is 1. The van der Waals surface area contributed by atoms with Gasteiger partial charge in [-0.25, -0.2) is 4.68 Å². The number of nitrogens with zero attached hydrogens (tertiary/aromatic N) is 3. The molecule has 6 heteroatoms. The lowest BCUT2D eigenvalue weighted by Gasteiger charge is -2.42. The number of rotatable bonds is 2. The van der Waals surface area contributed by atoms with Crippen LogP contribution in [0.2, 0.25) is 0 Å². The lowest BCUT2D eigenvalue weighted by Crippen LogP contribution is -2.53. The molecular formula is C18H25ClN4O. The summed E-state index contributed by atoms with van der Waals surface area (Å²) in [6.07, 6.45) is 4.30. The van der Waals surface area contributed by atoms with Crippen molar-refractivity contribution in [3.05, 3.63) is 47.8 Å². The summed E-state index contributed by atoms with van der Waals surface area (Å²) in [5, 5.41) is 4.36. The van der Waals surface area contributed by atoms with Crippen LogP contribution in [0.4, 0.5) is 0 Å². The summed E-state index contributed by atoms with van der Waals surface area (Å²) in [5.41, 5.74) is 8.84. The van der Waals surface area contributed by atoms with Crippen molar-refractivity contribution in [1.82, 2.24) is 14.7 Å². The fraction of sp³-hybridized carbons (Fsp3) is 0.444. The van der Waals surface area contributed by atoms with Gasteiger partial charge in [0.1, 0.15) is 0 Å². The van der Waals surface area contributed by atoms with Gasteiger partial charge in [0, 0.05) is 25.3 Å². The molecule has 2 heterocycles. The third kappa shape index (κ3) is 3.47. The van der Waals surface area contributed by atoms with Gasteiger partial charge in [-0.2, -0.15) is 5.10 Å². The Balaban J connectivity index is 0.00000208. The molecule has 130 valence electrons. The van der Waals surface area contributed by atoms with Gasteiger partial charge in [0.2, 0.25) is 0 Å². The molecule has 1 aliphatic rings. The van der Waals surface area contributed by atoms with E-state index in [2.05, 4.69) is 18.9 Å². The van der Waals surface area contributed by atoms with Crippen LogP contribution in [-0.2, 0) is 0 Å². The minimum atomic E-state index is -0.0556. The summed E-state index contributed by atoms with van der Waals surface area (Å²) >= 11 is 0. The van der Waals surface area contributed by atoms with Gasteiger partial charge in [0.15, 0.2) is 0 Å². The molecule has 2 N–H and O–H groups in total. The first-order valence-corrected chi connectivity index (χ1v) is 8.04. The van der Waals surface area contributed by atoms with E-state index >= 15 is 0 Å². The van der Waals surface area contributed by atoms with Crippen LogP contribution in [-0.4, -0.2) is 39.7 Å². The summed E-state index contributed by atoms with van der Waals surface area (Å²) in [5.74, 6) is 0.0322. The number of aryl methyl sites for hydroxylation is 1. The van der Waals surface area contributed by atoms with Crippen molar-refractivity contribution in [2.24, 2.45) is 11.1 Å². The highest BCUT2D eigenvalue weighted by Gasteiger charge is 2.35. The molecule has 0 saturated carbocycles. The number of nitrogens with two attached hydrogens (primary N) is 1. The van der Waals surface area contributed by atoms with Crippen LogP contribution in [0.3, 0.4) is 0 Å². The summed E-state index contributed by atoms with van der Waals surface area (Å²) in [7, 11) is 0. The number of benzene rings is 1. The van der Waals surface area contributed by atoms with Gasteiger partial charge >= 0.3 is 0 Å². The number of amides is 1. The van der Waals surface area contributed by atoms with Crippen molar-refractivity contribution in [2.45, 2.75) is 33.2 Å². The minimum absolute atomic E-state index is 0. The number of hydrogen-bond acceptors (Lipinski definition) is 3. The molecule has 0 radical (unpaired) electrons. The van der Waals surface area contributed by atoms with E-state index in [0.29, 0.717) is 18.7 Å². The molecule has 0 spiro atoms. The van der Waals surface area contributed by atoms with Gasteiger partial charge in [-0.1, -0.05) is 32.0 Å². The highest BCUT2D eigenvalue weighted by Crippen LogP contribution is 2.28. The summed E-state index contributed by atoms with van der Waals surface area (Å²) in [6.45, 7) is 7.66. The van der Waals surface area contributed by atoms with E-state index in [1.54, 1.807) is 10.9 Å². The second-order valence-corrected chi connectivity index (χ2v) is 7.07. The summed E-state index contributed by atoms with van der Waals surface area (Å²) in [4.78, 5) is 14.6. The molecule has 1 aliphatic heterocycles. The molecule has 1 aromatic carbocycles. The maximum atomic E-state index is 12.8. The number of para-hydroxylation sites is 1. The van der Waals surface area contributed by atoms with E-state index in [9.17, 15) is 4.79 Å². The predicted molar refractivity (Wildman–Crippen MR) is 97.8 cm³/mol. The standard InChI is InChI=1S/C18H24N4O.ClH/c1-13-6-4-5-7-15(13)22-11-14(10-20-22)17(23)21-9-8-16(19)18(2,3)12-21;/h4-7,10-11,16H,8-9,12,19H2,1-3H3;1H. The molecule has 5 nitrogen and oxygen atoms in total. The fourth-order valence-corrected chi connectivity index (χ4v) is 3.12. The predicted octanol–water partition coefficient (Wildman–Crippen LogP) is 2.80. The van der Waals surface area contributed by atoms with Gasteiger partial charge in [0.25, 0.3) is 5.91 Å². The van der Waals surface area contributed by atoms with Crippen LogP contribution in [0.25, 0.3) is 5.69 Å². The van der Waals surface area contributed by atoms with Crippen molar-refractivity contribution in [1.29, 1.82) is 0 Å². The number of halogens is 1. The van der Waals surface area contributed by atoms with Crippen LogP contribution in [0.15, 0.2) is 36.7 Å². The molecule has 1 saturated heterocycles. The Kier molecular flexibility index (Phi) is 5.35. The van der Waals surface area contributed by atoms with Crippen molar-refractivity contribution in [3.8, 4) is 5.69 Å². The molecule has 1 unspecified atom stereocenters. The number of aromatic nitrogens is 2. The Morgan fingerprint density at radius 3 is 2.71 bits per heavy atom. The highest BCUT2D eigenvalue weighted by molar-refractivity contribution is 5.94. The van der Waals surface area contributed by atoms with Gasteiger partial charge in [0.05, 0.1) is 17.4 Å². The second-order valence-electron chi connectivity index (χ2n) is 7.07. The zero-order valence-electron chi connectivity index (χ0n) is 14.4. The van der Waals surface area contributed by atoms with Crippen molar-refractivity contribution >= 4 is 18.3 Å². The Morgan fingerprint density at radius 1 is 1.33 bits per heavy atom. The monoisotopic (exact) mass is 348 g/mol. The summed E-state index contributed by atoms with van der Waals surface area (Å²) in [6, 6.07) is 8.14. The quantitative estimate of drug-likeness (QED) is 0.907. The molecule has 0 bridgehead atoms. The van der Waals surface area contributed by atoms with Crippen LogP contribution in [0.1, 0.15) is 36.2 Å². The lowest BCUT2D eigenvalue weighted by molar-refractivity contribution is 0.0533. The average molecular weight is 349 g/mol. The molecule has 2 aromatic rings. The molecule has 24 heavy (non-hydrogen) atoms. The summed E-state index contributed by atoms with van der Waals surface area (Å²) < 4.78 is 1.77. The molecule has 0 aliphatic carbocycles. The molecule has 1 aromatic heterocycles. The number of hydrogen-bond donors (Lipinski definition) is 1. The Hall–Kier alpha value is -1.85. The first-order chi connectivity index (χ1) is 10.9. The number of carbonyl (C=O) groups is 1. The Labute approximate surface area is 149 Å². The number of piperidine rings is 1. The van der Waals surface area contributed by atoms with Crippen molar-refractivity contribution in [3.63, 3.8) is 0 Å². The van der Waals surface area contributed by atoms with Gasteiger partial charge in [-0.15, -0.1) is 12.4 Å². The SMILES string of the molecule is Cc1ccccc1-n1cc(C(=O)N2CCC(N)C(C)(C)C2)cn1.Cl. The van der Waals surface area contributed by atoms with E-state index in [4.69, 9.17) is 5.73 Å². The zero-order chi connectivity index (χ0) is 16.6. The van der Waals surface area contributed by atoms with Crippen LogP contribution < -0.4 is 5.73 Å². The average Bonchev–Trinajstić information content (AvgIpc) is 2.99. The van der Waals surface area contributed by atoms with E-state index in [1.165, 1.54) is 0 Å². The smallest absolute Gasteiger partial charge is 0.257 e. The topological polar surface area (TPSA) is 64.2 Å². The maximum Gasteiger partial charge on any atom is 0.257 e. The maximum absolute atomic E-state index is 12.8. The largest absolute Gasteiger partial charge is 0.338 e. The third-order valence-electron chi connectivity index (χ3n) is 4.79. The molecule has 1 amide bonds. The molecule has 1 atom stereocenters. The Morgan fingerprint density at radius 2 is 2.04 bits per heavy atom. The third-order valence-corrected chi connectivity index (χ3v) is 4.79. The van der Waals surface area contributed by atoms with Crippen molar-refractivity contribution < 1.29 is 4.79 Å². The first kappa shape index (κ1) is 18.5. The highest BCUT2D eigenvalue weighted by atomic mass is 35.5. The number of carbonyl (C=O) groups excluding carboxylic acids is 1.